The Balaban J connectivity index is 1.92. The summed E-state index contributed by atoms with van der Waals surface area (Å²) in [6.45, 7) is 8.59. The molecule has 1 N–H and O–H groups in total. The minimum atomic E-state index is 0.534. The van der Waals surface area contributed by atoms with Crippen LogP contribution in [0, 0.1) is 13.8 Å². The highest BCUT2D eigenvalue weighted by molar-refractivity contribution is 7.09. The molecule has 0 saturated heterocycles. The van der Waals surface area contributed by atoms with Gasteiger partial charge in [0.15, 0.2) is 0 Å². The third kappa shape index (κ3) is 4.04. The van der Waals surface area contributed by atoms with Crippen molar-refractivity contribution < 1.29 is 4.74 Å². The van der Waals surface area contributed by atoms with Crippen molar-refractivity contribution in [3.8, 4) is 5.75 Å². The van der Waals surface area contributed by atoms with E-state index in [4.69, 9.17) is 4.74 Å². The fraction of sp³-hybridized carbons (Fsp3) is 0.400. The van der Waals surface area contributed by atoms with E-state index in [2.05, 4.69) is 48.6 Å². The van der Waals surface area contributed by atoms with Gasteiger partial charge in [0.05, 0.1) is 5.69 Å². The van der Waals surface area contributed by atoms with Crippen molar-refractivity contribution in [1.82, 2.24) is 10.3 Å². The molecule has 0 atom stereocenters. The molecule has 3 nitrogen and oxygen atoms in total. The minimum absolute atomic E-state index is 0.534. The summed E-state index contributed by atoms with van der Waals surface area (Å²) < 4.78 is 5.82. The lowest BCUT2D eigenvalue weighted by Gasteiger charge is -2.08. The highest BCUT2D eigenvalue weighted by Gasteiger charge is 2.04. The number of rotatable bonds is 6. The van der Waals surface area contributed by atoms with Gasteiger partial charge in [-0.25, -0.2) is 4.98 Å². The zero-order valence-electron chi connectivity index (χ0n) is 11.7. The summed E-state index contributed by atoms with van der Waals surface area (Å²) in [5.74, 6) is 0.937. The molecule has 1 aromatic heterocycles. The Hall–Kier alpha value is -1.39. The van der Waals surface area contributed by atoms with Gasteiger partial charge in [0, 0.05) is 11.9 Å². The lowest BCUT2D eigenvalue weighted by molar-refractivity contribution is 0.299. The number of aromatic nitrogens is 1. The molecule has 0 aliphatic heterocycles. The average molecular weight is 276 g/mol. The quantitative estimate of drug-likeness (QED) is 0.877. The lowest BCUT2D eigenvalue weighted by atomic mass is 10.1. The SMILES string of the molecule is CCNCc1nc(COc2ccc(C)cc2C)cs1. The molecule has 19 heavy (non-hydrogen) atoms. The van der Waals surface area contributed by atoms with E-state index in [0.29, 0.717) is 6.61 Å². The van der Waals surface area contributed by atoms with E-state index in [0.717, 1.165) is 29.5 Å². The van der Waals surface area contributed by atoms with Gasteiger partial charge in [-0.2, -0.15) is 0 Å². The summed E-state index contributed by atoms with van der Waals surface area (Å²) in [5, 5.41) is 6.45. The van der Waals surface area contributed by atoms with E-state index in [-0.39, 0.29) is 0 Å². The number of ether oxygens (including phenoxy) is 1. The smallest absolute Gasteiger partial charge is 0.131 e. The number of benzene rings is 1. The zero-order valence-corrected chi connectivity index (χ0v) is 12.5. The number of aryl methyl sites for hydroxylation is 2. The molecule has 0 saturated carbocycles. The third-order valence-corrected chi connectivity index (χ3v) is 3.73. The maximum Gasteiger partial charge on any atom is 0.131 e. The van der Waals surface area contributed by atoms with Crippen molar-refractivity contribution in [2.45, 2.75) is 33.9 Å². The number of nitrogens with one attached hydrogen (secondary N) is 1. The van der Waals surface area contributed by atoms with E-state index in [1.807, 2.05) is 6.07 Å². The van der Waals surface area contributed by atoms with Crippen LogP contribution in [-0.2, 0) is 13.2 Å². The van der Waals surface area contributed by atoms with Crippen molar-refractivity contribution >= 4 is 11.3 Å². The minimum Gasteiger partial charge on any atom is -0.487 e. The predicted molar refractivity (Wildman–Crippen MR) is 79.7 cm³/mol. The maximum atomic E-state index is 5.82. The highest BCUT2D eigenvalue weighted by atomic mass is 32.1. The molecule has 0 aliphatic carbocycles. The standard InChI is InChI=1S/C15H20N2OS/c1-4-16-8-15-17-13(10-19-15)9-18-14-6-5-11(2)7-12(14)3/h5-7,10,16H,4,8-9H2,1-3H3. The maximum absolute atomic E-state index is 5.82. The molecular formula is C15H20N2OS. The van der Waals surface area contributed by atoms with Gasteiger partial charge in [0.25, 0.3) is 0 Å². The van der Waals surface area contributed by atoms with Crippen LogP contribution >= 0.6 is 11.3 Å². The molecule has 0 bridgehead atoms. The van der Waals surface area contributed by atoms with Crippen LogP contribution in [0.2, 0.25) is 0 Å². The Kier molecular flexibility index (Phi) is 4.93. The highest BCUT2D eigenvalue weighted by Crippen LogP contribution is 2.20. The van der Waals surface area contributed by atoms with Crippen molar-refractivity contribution in [1.29, 1.82) is 0 Å². The second kappa shape index (κ2) is 6.68. The molecule has 0 unspecified atom stereocenters. The van der Waals surface area contributed by atoms with Crippen LogP contribution in [0.15, 0.2) is 23.6 Å². The molecule has 2 rings (SSSR count). The monoisotopic (exact) mass is 276 g/mol. The van der Waals surface area contributed by atoms with Gasteiger partial charge in [-0.05, 0) is 32.0 Å². The largest absolute Gasteiger partial charge is 0.487 e. The molecule has 0 spiro atoms. The Morgan fingerprint density at radius 3 is 2.89 bits per heavy atom. The third-order valence-electron chi connectivity index (χ3n) is 2.83. The second-order valence-corrected chi connectivity index (χ2v) is 5.51. The Labute approximate surface area is 118 Å². The second-order valence-electron chi connectivity index (χ2n) is 4.57. The van der Waals surface area contributed by atoms with Crippen molar-refractivity contribution in [2.24, 2.45) is 0 Å². The first-order valence-corrected chi connectivity index (χ1v) is 7.41. The van der Waals surface area contributed by atoms with Gasteiger partial charge >= 0.3 is 0 Å². The van der Waals surface area contributed by atoms with Crippen molar-refractivity contribution in [3.05, 3.63) is 45.4 Å². The Morgan fingerprint density at radius 1 is 1.32 bits per heavy atom. The average Bonchev–Trinajstić information content (AvgIpc) is 2.83. The predicted octanol–water partition coefficient (Wildman–Crippen LogP) is 3.45. The molecular weight excluding hydrogens is 256 g/mol. The molecule has 2 aromatic rings. The van der Waals surface area contributed by atoms with E-state index >= 15 is 0 Å². The van der Waals surface area contributed by atoms with Gasteiger partial charge in [0.1, 0.15) is 17.4 Å². The first-order chi connectivity index (χ1) is 9.19. The van der Waals surface area contributed by atoms with Crippen molar-refractivity contribution in [3.63, 3.8) is 0 Å². The van der Waals surface area contributed by atoms with Crippen LogP contribution < -0.4 is 10.1 Å². The van der Waals surface area contributed by atoms with Crippen LogP contribution in [0.5, 0.6) is 5.75 Å². The van der Waals surface area contributed by atoms with Gasteiger partial charge in [-0.15, -0.1) is 11.3 Å². The van der Waals surface area contributed by atoms with Gasteiger partial charge in [0.2, 0.25) is 0 Å². The molecule has 4 heteroatoms. The normalized spacial score (nSPS) is 10.7. The molecule has 1 aromatic carbocycles. The lowest BCUT2D eigenvalue weighted by Crippen LogP contribution is -2.11. The Bertz CT molecular complexity index is 537. The topological polar surface area (TPSA) is 34.2 Å². The molecule has 0 fully saturated rings. The number of hydrogen-bond donors (Lipinski definition) is 1. The van der Waals surface area contributed by atoms with Crippen LogP contribution in [-0.4, -0.2) is 11.5 Å². The first kappa shape index (κ1) is 14.0. The van der Waals surface area contributed by atoms with Crippen LogP contribution in [0.25, 0.3) is 0 Å². The number of hydrogen-bond acceptors (Lipinski definition) is 4. The summed E-state index contributed by atoms with van der Waals surface area (Å²) in [5.41, 5.74) is 3.42. The zero-order chi connectivity index (χ0) is 13.7. The fourth-order valence-electron chi connectivity index (χ4n) is 1.84. The number of thiazole rings is 1. The molecule has 0 aliphatic rings. The fourth-order valence-corrected chi connectivity index (χ4v) is 2.59. The van der Waals surface area contributed by atoms with Crippen LogP contribution in [0.3, 0.4) is 0 Å². The molecule has 0 radical (unpaired) electrons. The van der Waals surface area contributed by atoms with Gasteiger partial charge in [-0.1, -0.05) is 24.6 Å². The molecule has 1 heterocycles. The van der Waals surface area contributed by atoms with E-state index < -0.39 is 0 Å². The van der Waals surface area contributed by atoms with Gasteiger partial charge in [-0.3, -0.25) is 0 Å². The summed E-state index contributed by atoms with van der Waals surface area (Å²) >= 11 is 1.68. The Morgan fingerprint density at radius 2 is 2.16 bits per heavy atom. The molecule has 0 amide bonds. The molecule has 102 valence electrons. The summed E-state index contributed by atoms with van der Waals surface area (Å²) in [7, 11) is 0. The van der Waals surface area contributed by atoms with Crippen LogP contribution in [0.1, 0.15) is 28.8 Å². The van der Waals surface area contributed by atoms with E-state index in [9.17, 15) is 0 Å². The first-order valence-electron chi connectivity index (χ1n) is 6.53. The van der Waals surface area contributed by atoms with E-state index in [1.54, 1.807) is 11.3 Å². The summed E-state index contributed by atoms with van der Waals surface area (Å²) in [6, 6.07) is 6.23. The van der Waals surface area contributed by atoms with Gasteiger partial charge < -0.3 is 10.1 Å². The summed E-state index contributed by atoms with van der Waals surface area (Å²) in [6.07, 6.45) is 0. The number of nitrogens with zero attached hydrogens (tertiary/aromatic N) is 1. The summed E-state index contributed by atoms with van der Waals surface area (Å²) in [4.78, 5) is 4.54. The van der Waals surface area contributed by atoms with Crippen LogP contribution in [0.4, 0.5) is 0 Å². The van der Waals surface area contributed by atoms with Crippen molar-refractivity contribution in [2.75, 3.05) is 6.54 Å². The van der Waals surface area contributed by atoms with E-state index in [1.165, 1.54) is 11.1 Å².